The van der Waals surface area contributed by atoms with Gasteiger partial charge in [-0.2, -0.15) is 0 Å². The Bertz CT molecular complexity index is 493. The standard InChI is InChI=1S/C14H20ClN3O2/c15-12-10-11(16)3-4-14(12,13-2-1-5-17-13)18(6-8-19)7-9-20/h1-3,5,10,17,19-20H,4,6-9,16H2. The molecule has 1 aromatic heterocycles. The molecule has 0 bridgehead atoms. The summed E-state index contributed by atoms with van der Waals surface area (Å²) in [5.74, 6) is 0. The van der Waals surface area contributed by atoms with E-state index in [9.17, 15) is 10.2 Å². The molecule has 6 heteroatoms. The molecule has 1 heterocycles. The van der Waals surface area contributed by atoms with Crippen LogP contribution in [0.4, 0.5) is 0 Å². The van der Waals surface area contributed by atoms with Crippen molar-refractivity contribution in [2.24, 2.45) is 5.73 Å². The van der Waals surface area contributed by atoms with Crippen LogP contribution >= 0.6 is 11.6 Å². The molecule has 1 aliphatic rings. The Balaban J connectivity index is 2.47. The van der Waals surface area contributed by atoms with Crippen molar-refractivity contribution in [1.29, 1.82) is 0 Å². The fraction of sp³-hybridized carbons (Fsp3) is 0.429. The molecule has 0 spiro atoms. The number of H-pyrrole nitrogens is 1. The number of nitrogens with two attached hydrogens (primary N) is 1. The molecule has 2 rings (SSSR count). The molecule has 1 unspecified atom stereocenters. The van der Waals surface area contributed by atoms with Gasteiger partial charge in [0.25, 0.3) is 0 Å². The molecule has 20 heavy (non-hydrogen) atoms. The van der Waals surface area contributed by atoms with Gasteiger partial charge in [-0.3, -0.25) is 4.90 Å². The predicted molar refractivity (Wildman–Crippen MR) is 79.0 cm³/mol. The number of nitrogens with one attached hydrogen (secondary N) is 1. The fourth-order valence-corrected chi connectivity index (χ4v) is 3.12. The number of allylic oxidation sites excluding steroid dienone is 1. The first-order valence-electron chi connectivity index (χ1n) is 6.59. The zero-order chi connectivity index (χ0) is 14.6. The van der Waals surface area contributed by atoms with Gasteiger partial charge in [-0.25, -0.2) is 0 Å². The summed E-state index contributed by atoms with van der Waals surface area (Å²) >= 11 is 6.51. The molecule has 0 saturated heterocycles. The Morgan fingerprint density at radius 2 is 2.05 bits per heavy atom. The first kappa shape index (κ1) is 15.1. The van der Waals surface area contributed by atoms with E-state index in [1.54, 1.807) is 6.08 Å². The fourth-order valence-electron chi connectivity index (χ4n) is 2.70. The van der Waals surface area contributed by atoms with Crippen LogP contribution in [-0.4, -0.2) is 46.4 Å². The van der Waals surface area contributed by atoms with Gasteiger partial charge in [-0.15, -0.1) is 0 Å². The maximum atomic E-state index is 9.31. The molecule has 1 aliphatic carbocycles. The van der Waals surface area contributed by atoms with E-state index in [4.69, 9.17) is 17.3 Å². The monoisotopic (exact) mass is 297 g/mol. The maximum absolute atomic E-state index is 9.31. The lowest BCUT2D eigenvalue weighted by Crippen LogP contribution is -2.50. The van der Waals surface area contributed by atoms with Crippen LogP contribution in [0.1, 0.15) is 12.1 Å². The minimum Gasteiger partial charge on any atom is -0.399 e. The summed E-state index contributed by atoms with van der Waals surface area (Å²) in [5.41, 5.74) is 6.76. The van der Waals surface area contributed by atoms with Gasteiger partial charge in [0.1, 0.15) is 5.54 Å². The van der Waals surface area contributed by atoms with Crippen LogP contribution in [0.25, 0.3) is 0 Å². The minimum atomic E-state index is -0.612. The summed E-state index contributed by atoms with van der Waals surface area (Å²) in [6.45, 7) is 0.812. The number of aliphatic hydroxyl groups is 2. The molecule has 0 aromatic carbocycles. The Morgan fingerprint density at radius 3 is 2.55 bits per heavy atom. The first-order valence-corrected chi connectivity index (χ1v) is 6.97. The smallest absolute Gasteiger partial charge is 0.101 e. The molecule has 0 aliphatic heterocycles. The first-order chi connectivity index (χ1) is 9.65. The van der Waals surface area contributed by atoms with Gasteiger partial charge in [0.2, 0.25) is 0 Å². The van der Waals surface area contributed by atoms with Crippen molar-refractivity contribution < 1.29 is 10.2 Å². The Kier molecular flexibility index (Phi) is 4.88. The van der Waals surface area contributed by atoms with E-state index in [1.165, 1.54) is 0 Å². The van der Waals surface area contributed by atoms with E-state index in [-0.39, 0.29) is 13.2 Å². The lowest BCUT2D eigenvalue weighted by molar-refractivity contribution is 0.0734. The van der Waals surface area contributed by atoms with E-state index < -0.39 is 5.54 Å². The summed E-state index contributed by atoms with van der Waals surface area (Å²) in [7, 11) is 0. The molecule has 110 valence electrons. The van der Waals surface area contributed by atoms with E-state index >= 15 is 0 Å². The molecular formula is C14H20ClN3O2. The Labute approximate surface area is 123 Å². The molecule has 5 N–H and O–H groups in total. The van der Waals surface area contributed by atoms with Crippen LogP contribution in [0.2, 0.25) is 0 Å². The second-order valence-electron chi connectivity index (χ2n) is 4.78. The Hall–Kier alpha value is -1.27. The van der Waals surface area contributed by atoms with Gasteiger partial charge >= 0.3 is 0 Å². The summed E-state index contributed by atoms with van der Waals surface area (Å²) < 4.78 is 0. The summed E-state index contributed by atoms with van der Waals surface area (Å²) in [6.07, 6.45) is 6.07. The quantitative estimate of drug-likeness (QED) is 0.627. The largest absolute Gasteiger partial charge is 0.399 e. The van der Waals surface area contributed by atoms with Crippen LogP contribution in [-0.2, 0) is 5.54 Å². The van der Waals surface area contributed by atoms with E-state index in [1.807, 2.05) is 29.3 Å². The lowest BCUT2D eigenvalue weighted by Gasteiger charge is -2.44. The number of halogens is 1. The van der Waals surface area contributed by atoms with Crippen LogP contribution in [0.15, 0.2) is 41.2 Å². The predicted octanol–water partition coefficient (Wildman–Crippen LogP) is 0.866. The van der Waals surface area contributed by atoms with Crippen molar-refractivity contribution in [1.82, 2.24) is 9.88 Å². The molecule has 0 radical (unpaired) electrons. The molecule has 0 saturated carbocycles. The summed E-state index contributed by atoms with van der Waals surface area (Å²) in [5, 5.41) is 19.2. The second-order valence-corrected chi connectivity index (χ2v) is 5.19. The highest BCUT2D eigenvalue weighted by Crippen LogP contribution is 2.43. The van der Waals surface area contributed by atoms with Crippen molar-refractivity contribution in [2.45, 2.75) is 12.0 Å². The topological polar surface area (TPSA) is 85.5 Å². The summed E-state index contributed by atoms with van der Waals surface area (Å²) in [4.78, 5) is 5.16. The van der Waals surface area contributed by atoms with E-state index in [0.29, 0.717) is 30.2 Å². The third-order valence-electron chi connectivity index (χ3n) is 3.64. The number of aromatic nitrogens is 1. The highest BCUT2D eigenvalue weighted by atomic mass is 35.5. The normalized spacial score (nSPS) is 22.8. The van der Waals surface area contributed by atoms with Crippen molar-refractivity contribution >= 4 is 11.6 Å². The third kappa shape index (κ3) is 2.62. The van der Waals surface area contributed by atoms with E-state index in [2.05, 4.69) is 4.98 Å². The van der Waals surface area contributed by atoms with Crippen molar-refractivity contribution in [3.8, 4) is 0 Å². The number of aromatic amines is 1. The highest BCUT2D eigenvalue weighted by Gasteiger charge is 2.42. The van der Waals surface area contributed by atoms with Crippen molar-refractivity contribution in [2.75, 3.05) is 26.3 Å². The number of hydrogen-bond donors (Lipinski definition) is 4. The van der Waals surface area contributed by atoms with Gasteiger partial charge in [-0.05, 0) is 24.6 Å². The lowest BCUT2D eigenvalue weighted by atomic mass is 9.84. The van der Waals surface area contributed by atoms with Gasteiger partial charge in [0, 0.05) is 35.7 Å². The van der Waals surface area contributed by atoms with Crippen molar-refractivity contribution in [3.05, 3.63) is 46.9 Å². The molecule has 5 nitrogen and oxygen atoms in total. The number of rotatable bonds is 6. The zero-order valence-corrected chi connectivity index (χ0v) is 12.0. The van der Waals surface area contributed by atoms with Gasteiger partial charge in [0.05, 0.1) is 13.2 Å². The SMILES string of the molecule is NC1=CCC(c2ccc[nH]2)(N(CCO)CCO)C(Cl)=C1. The number of aliphatic hydroxyl groups excluding tert-OH is 2. The zero-order valence-electron chi connectivity index (χ0n) is 11.2. The van der Waals surface area contributed by atoms with Gasteiger partial charge in [0.15, 0.2) is 0 Å². The van der Waals surface area contributed by atoms with Gasteiger partial charge in [-0.1, -0.05) is 17.7 Å². The molecule has 1 atom stereocenters. The average Bonchev–Trinajstić information content (AvgIpc) is 2.94. The highest BCUT2D eigenvalue weighted by molar-refractivity contribution is 6.31. The Morgan fingerprint density at radius 1 is 1.35 bits per heavy atom. The van der Waals surface area contributed by atoms with Crippen LogP contribution in [0.3, 0.4) is 0 Å². The van der Waals surface area contributed by atoms with Crippen LogP contribution in [0, 0.1) is 0 Å². The molecule has 0 amide bonds. The van der Waals surface area contributed by atoms with Gasteiger partial charge < -0.3 is 20.9 Å². The van der Waals surface area contributed by atoms with Crippen molar-refractivity contribution in [3.63, 3.8) is 0 Å². The molecule has 1 aromatic rings. The molecular weight excluding hydrogens is 278 g/mol. The van der Waals surface area contributed by atoms with Crippen LogP contribution < -0.4 is 5.73 Å². The van der Waals surface area contributed by atoms with E-state index in [0.717, 1.165) is 5.69 Å². The molecule has 0 fully saturated rings. The van der Waals surface area contributed by atoms with Crippen LogP contribution in [0.5, 0.6) is 0 Å². The second kappa shape index (κ2) is 6.45. The minimum absolute atomic E-state index is 0.00811. The average molecular weight is 298 g/mol. The number of nitrogens with zero attached hydrogens (tertiary/aromatic N) is 1. The maximum Gasteiger partial charge on any atom is 0.101 e. The number of hydrogen-bond acceptors (Lipinski definition) is 4. The third-order valence-corrected chi connectivity index (χ3v) is 4.07. The summed E-state index contributed by atoms with van der Waals surface area (Å²) in [6, 6.07) is 3.85.